The van der Waals surface area contributed by atoms with Gasteiger partial charge in [-0.25, -0.2) is 0 Å². The van der Waals surface area contributed by atoms with Gasteiger partial charge in [-0.1, -0.05) is 54.1 Å². The van der Waals surface area contributed by atoms with Crippen molar-refractivity contribution in [2.75, 3.05) is 58.3 Å². The third kappa shape index (κ3) is 6.71. The summed E-state index contributed by atoms with van der Waals surface area (Å²) in [7, 11) is 1.76. The topological polar surface area (TPSA) is 44.8 Å². The maximum absolute atomic E-state index is 13.0. The molecule has 35 heavy (non-hydrogen) atoms. The summed E-state index contributed by atoms with van der Waals surface area (Å²) in [6.07, 6.45) is 0.971. The van der Waals surface area contributed by atoms with E-state index in [2.05, 4.69) is 33.3 Å². The van der Waals surface area contributed by atoms with E-state index in [-0.39, 0.29) is 5.78 Å². The first kappa shape index (κ1) is 25.4. The number of nitrogens with one attached hydrogen (secondary N) is 1. The van der Waals surface area contributed by atoms with Gasteiger partial charge in [-0.3, -0.25) is 9.69 Å². The standard InChI is InChI=1S/C29H34ClN3O2/c1-22-7-3-5-9-25(22)29(34)26-12-11-24(21-27(26)30)31-28-10-6-4-8-23(28)13-14-32-15-17-33(18-16-32)19-20-35-2/h3-12,21,31H,13-20H2,1-2H3. The predicted molar refractivity (Wildman–Crippen MR) is 144 cm³/mol. The monoisotopic (exact) mass is 491 g/mol. The van der Waals surface area contributed by atoms with Gasteiger partial charge in [0.25, 0.3) is 0 Å². The number of ketones is 1. The summed E-state index contributed by atoms with van der Waals surface area (Å²) in [4.78, 5) is 18.0. The maximum Gasteiger partial charge on any atom is 0.194 e. The minimum Gasteiger partial charge on any atom is -0.383 e. The lowest BCUT2D eigenvalue weighted by Crippen LogP contribution is -2.47. The van der Waals surface area contributed by atoms with Crippen LogP contribution in [0.25, 0.3) is 0 Å². The predicted octanol–water partition coefficient (Wildman–Crippen LogP) is 5.43. The first-order valence-electron chi connectivity index (χ1n) is 12.2. The first-order valence-corrected chi connectivity index (χ1v) is 12.6. The summed E-state index contributed by atoms with van der Waals surface area (Å²) in [6.45, 7) is 9.14. The van der Waals surface area contributed by atoms with E-state index in [1.165, 1.54) is 5.56 Å². The van der Waals surface area contributed by atoms with Crippen LogP contribution in [0.2, 0.25) is 5.02 Å². The Labute approximate surface area is 213 Å². The van der Waals surface area contributed by atoms with Crippen LogP contribution in [0.15, 0.2) is 66.7 Å². The zero-order chi connectivity index (χ0) is 24.6. The molecule has 3 aromatic carbocycles. The van der Waals surface area contributed by atoms with E-state index in [0.29, 0.717) is 16.1 Å². The molecule has 0 amide bonds. The minimum absolute atomic E-state index is 0.0534. The maximum atomic E-state index is 13.0. The molecule has 0 saturated carbocycles. The van der Waals surface area contributed by atoms with Crippen molar-refractivity contribution < 1.29 is 9.53 Å². The Bertz CT molecular complexity index is 1140. The molecule has 0 aliphatic carbocycles. The molecule has 1 fully saturated rings. The van der Waals surface area contributed by atoms with E-state index in [1.54, 1.807) is 7.11 Å². The summed E-state index contributed by atoms with van der Waals surface area (Å²) >= 11 is 6.56. The summed E-state index contributed by atoms with van der Waals surface area (Å²) < 4.78 is 5.20. The summed E-state index contributed by atoms with van der Waals surface area (Å²) in [5.74, 6) is -0.0534. The van der Waals surface area contributed by atoms with Gasteiger partial charge < -0.3 is 15.0 Å². The Morgan fingerprint density at radius 2 is 1.60 bits per heavy atom. The second-order valence-electron chi connectivity index (χ2n) is 9.05. The summed E-state index contributed by atoms with van der Waals surface area (Å²) in [5.41, 5.74) is 5.35. The zero-order valence-electron chi connectivity index (χ0n) is 20.6. The second kappa shape index (κ2) is 12.3. The molecule has 1 aliphatic heterocycles. The van der Waals surface area contributed by atoms with Crippen molar-refractivity contribution in [1.82, 2.24) is 9.80 Å². The zero-order valence-corrected chi connectivity index (χ0v) is 21.4. The average Bonchev–Trinajstić information content (AvgIpc) is 2.87. The van der Waals surface area contributed by atoms with E-state index in [0.717, 1.165) is 69.2 Å². The van der Waals surface area contributed by atoms with Crippen LogP contribution in [-0.2, 0) is 11.2 Å². The molecule has 3 aromatic rings. The molecule has 0 spiro atoms. The number of benzene rings is 3. The number of hydrogen-bond donors (Lipinski definition) is 1. The van der Waals surface area contributed by atoms with Gasteiger partial charge in [0.1, 0.15) is 0 Å². The molecular weight excluding hydrogens is 458 g/mol. The molecule has 0 aromatic heterocycles. The summed E-state index contributed by atoms with van der Waals surface area (Å²) in [5, 5.41) is 3.96. The quantitative estimate of drug-likeness (QED) is 0.383. The molecule has 4 rings (SSSR count). The van der Waals surface area contributed by atoms with Gasteiger partial charge in [-0.2, -0.15) is 0 Å². The Morgan fingerprint density at radius 1 is 0.914 bits per heavy atom. The number of halogens is 1. The number of carbonyl (C=O) groups excluding carboxylic acids is 1. The average molecular weight is 492 g/mol. The van der Waals surface area contributed by atoms with Crippen LogP contribution in [0.3, 0.4) is 0 Å². The molecule has 184 valence electrons. The highest BCUT2D eigenvalue weighted by atomic mass is 35.5. The Hall–Kier alpha value is -2.70. The molecule has 6 heteroatoms. The van der Waals surface area contributed by atoms with Crippen LogP contribution in [0.1, 0.15) is 27.0 Å². The van der Waals surface area contributed by atoms with Crippen molar-refractivity contribution in [1.29, 1.82) is 0 Å². The molecule has 1 saturated heterocycles. The third-order valence-electron chi connectivity index (χ3n) is 6.67. The number of nitrogens with zero attached hydrogens (tertiary/aromatic N) is 2. The number of para-hydroxylation sites is 1. The van der Waals surface area contributed by atoms with Gasteiger partial charge in [-0.15, -0.1) is 0 Å². The fraction of sp³-hybridized carbons (Fsp3) is 0.345. The molecule has 0 unspecified atom stereocenters. The Kier molecular flexibility index (Phi) is 8.94. The third-order valence-corrected chi connectivity index (χ3v) is 6.99. The van der Waals surface area contributed by atoms with Gasteiger partial charge in [0.15, 0.2) is 5.78 Å². The van der Waals surface area contributed by atoms with Crippen molar-refractivity contribution in [2.45, 2.75) is 13.3 Å². The lowest BCUT2D eigenvalue weighted by Gasteiger charge is -2.34. The Balaban J connectivity index is 1.38. The molecule has 1 heterocycles. The molecule has 0 atom stereocenters. The van der Waals surface area contributed by atoms with Crippen LogP contribution < -0.4 is 5.32 Å². The van der Waals surface area contributed by atoms with Gasteiger partial charge in [0.2, 0.25) is 0 Å². The second-order valence-corrected chi connectivity index (χ2v) is 9.45. The number of aryl methyl sites for hydroxylation is 1. The molecule has 5 nitrogen and oxygen atoms in total. The van der Waals surface area contributed by atoms with Crippen molar-refractivity contribution in [3.63, 3.8) is 0 Å². The SMILES string of the molecule is COCCN1CCN(CCc2ccccc2Nc2ccc(C(=O)c3ccccc3C)c(Cl)c2)CC1. The first-order chi connectivity index (χ1) is 17.0. The van der Waals surface area contributed by atoms with E-state index < -0.39 is 0 Å². The molecular formula is C29H34ClN3O2. The van der Waals surface area contributed by atoms with E-state index in [1.807, 2.05) is 55.5 Å². The van der Waals surface area contributed by atoms with Gasteiger partial charge in [0.05, 0.1) is 11.6 Å². The van der Waals surface area contributed by atoms with Crippen molar-refractivity contribution in [3.8, 4) is 0 Å². The van der Waals surface area contributed by atoms with Crippen LogP contribution >= 0.6 is 11.6 Å². The Morgan fingerprint density at radius 3 is 2.31 bits per heavy atom. The molecule has 1 N–H and O–H groups in total. The van der Waals surface area contributed by atoms with Gasteiger partial charge in [-0.05, 0) is 48.7 Å². The van der Waals surface area contributed by atoms with E-state index in [4.69, 9.17) is 16.3 Å². The number of hydrogen-bond acceptors (Lipinski definition) is 5. The number of methoxy groups -OCH3 is 1. The van der Waals surface area contributed by atoms with E-state index >= 15 is 0 Å². The van der Waals surface area contributed by atoms with E-state index in [9.17, 15) is 4.79 Å². The number of anilines is 2. The number of rotatable bonds is 10. The van der Waals surface area contributed by atoms with Crippen molar-refractivity contribution in [3.05, 3.63) is 94.0 Å². The fourth-order valence-corrected chi connectivity index (χ4v) is 4.77. The largest absolute Gasteiger partial charge is 0.383 e. The highest BCUT2D eigenvalue weighted by Gasteiger charge is 2.17. The molecule has 1 aliphatic rings. The van der Waals surface area contributed by atoms with Crippen LogP contribution in [-0.4, -0.2) is 68.6 Å². The van der Waals surface area contributed by atoms with Crippen LogP contribution in [0, 0.1) is 6.92 Å². The lowest BCUT2D eigenvalue weighted by molar-refractivity contribution is 0.0976. The lowest BCUT2D eigenvalue weighted by atomic mass is 9.99. The fourth-order valence-electron chi connectivity index (χ4n) is 4.50. The minimum atomic E-state index is -0.0534. The number of ether oxygens (including phenoxy) is 1. The highest BCUT2D eigenvalue weighted by Crippen LogP contribution is 2.28. The molecule has 0 bridgehead atoms. The van der Waals surface area contributed by atoms with Gasteiger partial charge in [0, 0.05) is 68.9 Å². The molecule has 0 radical (unpaired) electrons. The summed E-state index contributed by atoms with van der Waals surface area (Å²) in [6, 6.07) is 21.6. The van der Waals surface area contributed by atoms with Crippen LogP contribution in [0.4, 0.5) is 11.4 Å². The van der Waals surface area contributed by atoms with Crippen molar-refractivity contribution >= 4 is 28.8 Å². The number of piperazine rings is 1. The van der Waals surface area contributed by atoms with Gasteiger partial charge >= 0.3 is 0 Å². The van der Waals surface area contributed by atoms with Crippen LogP contribution in [0.5, 0.6) is 0 Å². The highest BCUT2D eigenvalue weighted by molar-refractivity contribution is 6.35. The smallest absolute Gasteiger partial charge is 0.194 e. The normalized spacial score (nSPS) is 14.7. The number of carbonyl (C=O) groups is 1. The van der Waals surface area contributed by atoms with Crippen molar-refractivity contribution in [2.24, 2.45) is 0 Å².